The second-order valence-corrected chi connectivity index (χ2v) is 9.42. The van der Waals surface area contributed by atoms with E-state index in [1.54, 1.807) is 0 Å². The fraction of sp³-hybridized carbons (Fsp3) is 0.417. The first-order valence-electron chi connectivity index (χ1n) is 10.2. The lowest BCUT2D eigenvalue weighted by atomic mass is 9.91. The molecule has 4 nitrogen and oxygen atoms in total. The fourth-order valence-corrected chi connectivity index (χ4v) is 5.27. The van der Waals surface area contributed by atoms with E-state index in [9.17, 15) is 10.2 Å². The monoisotopic (exact) mass is 411 g/mol. The number of thiophene rings is 1. The van der Waals surface area contributed by atoms with Crippen molar-refractivity contribution in [1.82, 2.24) is 4.90 Å². The molecule has 2 aromatic carbocycles. The highest BCUT2D eigenvalue weighted by molar-refractivity contribution is 7.19. The molecule has 2 N–H and O–H groups in total. The Morgan fingerprint density at radius 2 is 1.93 bits per heavy atom. The van der Waals surface area contributed by atoms with E-state index < -0.39 is 6.10 Å². The minimum Gasteiger partial charge on any atom is -0.394 e. The van der Waals surface area contributed by atoms with Crippen LogP contribution in [0, 0.1) is 0 Å². The molecule has 4 rings (SSSR count). The number of nitrogens with zero attached hydrogens (tertiary/aromatic N) is 1. The van der Waals surface area contributed by atoms with Crippen molar-refractivity contribution in [3.63, 3.8) is 0 Å². The summed E-state index contributed by atoms with van der Waals surface area (Å²) in [5, 5.41) is 21.2. The summed E-state index contributed by atoms with van der Waals surface area (Å²) in [4.78, 5) is 3.49. The number of hydrogen-bond donors (Lipinski definition) is 2. The molecule has 5 heteroatoms. The van der Waals surface area contributed by atoms with Gasteiger partial charge in [0, 0.05) is 35.4 Å². The molecule has 2 heterocycles. The number of ether oxygens (including phenoxy) is 1. The van der Waals surface area contributed by atoms with Crippen LogP contribution >= 0.6 is 11.3 Å². The van der Waals surface area contributed by atoms with E-state index in [0.717, 1.165) is 18.5 Å². The van der Waals surface area contributed by atoms with E-state index >= 15 is 0 Å². The van der Waals surface area contributed by atoms with Gasteiger partial charge in [0.25, 0.3) is 0 Å². The Morgan fingerprint density at radius 1 is 1.10 bits per heavy atom. The second kappa shape index (κ2) is 8.94. The second-order valence-electron chi connectivity index (χ2n) is 8.25. The standard InChI is InChI=1S/C24H29NO3S/c1-25(2)14-18-8-7-16(9-21-11-17-5-3-4-6-24(17)29-21)10-22(18)23-13-19(27)12-20(15-26)28-23/h3-8,10-11,19-20,23,26-27H,9,12-15H2,1-2H3/t19-,20?,23?/m0/s1. The van der Waals surface area contributed by atoms with E-state index in [2.05, 4.69) is 67.5 Å². The van der Waals surface area contributed by atoms with E-state index in [-0.39, 0.29) is 18.8 Å². The molecule has 2 unspecified atom stereocenters. The van der Waals surface area contributed by atoms with Crippen molar-refractivity contribution in [1.29, 1.82) is 0 Å². The van der Waals surface area contributed by atoms with Crippen LogP contribution in [0.5, 0.6) is 0 Å². The molecule has 0 saturated carbocycles. The topological polar surface area (TPSA) is 52.9 Å². The Kier molecular flexibility index (Phi) is 6.32. The van der Waals surface area contributed by atoms with Gasteiger partial charge in [-0.3, -0.25) is 0 Å². The van der Waals surface area contributed by atoms with E-state index in [4.69, 9.17) is 4.74 Å². The highest BCUT2D eigenvalue weighted by atomic mass is 32.1. The molecule has 1 saturated heterocycles. The molecule has 0 aliphatic carbocycles. The van der Waals surface area contributed by atoms with Gasteiger partial charge in [0.1, 0.15) is 0 Å². The van der Waals surface area contributed by atoms with Crippen LogP contribution in [0.3, 0.4) is 0 Å². The van der Waals surface area contributed by atoms with Crippen LogP contribution in [-0.2, 0) is 17.7 Å². The van der Waals surface area contributed by atoms with Crippen LogP contribution in [0.25, 0.3) is 10.1 Å². The minimum atomic E-state index is -0.440. The molecule has 3 atom stereocenters. The molecule has 1 fully saturated rings. The Balaban J connectivity index is 1.64. The smallest absolute Gasteiger partial charge is 0.0857 e. The number of aliphatic hydroxyl groups is 2. The molecule has 29 heavy (non-hydrogen) atoms. The van der Waals surface area contributed by atoms with Crippen LogP contribution in [-0.4, -0.2) is 48.0 Å². The largest absolute Gasteiger partial charge is 0.394 e. The van der Waals surface area contributed by atoms with Gasteiger partial charge in [0.05, 0.1) is 24.9 Å². The average Bonchev–Trinajstić information content (AvgIpc) is 3.10. The number of aliphatic hydroxyl groups excluding tert-OH is 2. The predicted octanol–water partition coefficient (Wildman–Crippen LogP) is 4.13. The molecule has 3 aromatic rings. The van der Waals surface area contributed by atoms with Gasteiger partial charge in [-0.05, 0) is 48.3 Å². The Bertz CT molecular complexity index is 935. The maximum absolute atomic E-state index is 10.3. The highest BCUT2D eigenvalue weighted by Gasteiger charge is 2.30. The maximum atomic E-state index is 10.3. The predicted molar refractivity (Wildman–Crippen MR) is 118 cm³/mol. The normalized spacial score (nSPS) is 22.4. The van der Waals surface area contributed by atoms with Gasteiger partial charge in [-0.2, -0.15) is 0 Å². The summed E-state index contributed by atoms with van der Waals surface area (Å²) in [6.07, 6.45) is 1.02. The van der Waals surface area contributed by atoms with Crippen molar-refractivity contribution < 1.29 is 14.9 Å². The molecule has 1 aliphatic rings. The third-order valence-electron chi connectivity index (χ3n) is 5.48. The van der Waals surface area contributed by atoms with Gasteiger partial charge in [-0.15, -0.1) is 11.3 Å². The molecule has 0 spiro atoms. The first kappa shape index (κ1) is 20.5. The summed E-state index contributed by atoms with van der Waals surface area (Å²) >= 11 is 1.84. The molecule has 0 amide bonds. The van der Waals surface area contributed by atoms with Crippen LogP contribution < -0.4 is 0 Å². The fourth-order valence-electron chi connectivity index (χ4n) is 4.17. The maximum Gasteiger partial charge on any atom is 0.0857 e. The van der Waals surface area contributed by atoms with Crippen molar-refractivity contribution in [2.24, 2.45) is 0 Å². The SMILES string of the molecule is CN(C)Cc1ccc(Cc2cc3ccccc3s2)cc1C1C[C@@H](O)CC(CO)O1. The molecule has 154 valence electrons. The first-order chi connectivity index (χ1) is 14.0. The number of fused-ring (bicyclic) bond motifs is 1. The van der Waals surface area contributed by atoms with Crippen LogP contribution in [0.15, 0.2) is 48.5 Å². The van der Waals surface area contributed by atoms with Crippen molar-refractivity contribution in [2.75, 3.05) is 20.7 Å². The summed E-state index contributed by atoms with van der Waals surface area (Å²) in [6, 6.07) is 17.4. The van der Waals surface area contributed by atoms with Gasteiger partial charge in [0.2, 0.25) is 0 Å². The highest BCUT2D eigenvalue weighted by Crippen LogP contribution is 2.35. The quantitative estimate of drug-likeness (QED) is 0.640. The van der Waals surface area contributed by atoms with Crippen LogP contribution in [0.1, 0.15) is 40.5 Å². The Hall–Kier alpha value is -1.76. The third kappa shape index (κ3) is 4.87. The Morgan fingerprint density at radius 3 is 2.69 bits per heavy atom. The van der Waals surface area contributed by atoms with Gasteiger partial charge in [-0.25, -0.2) is 0 Å². The van der Waals surface area contributed by atoms with Gasteiger partial charge in [-0.1, -0.05) is 36.4 Å². The lowest BCUT2D eigenvalue weighted by Crippen LogP contribution is -2.34. The van der Waals surface area contributed by atoms with Crippen molar-refractivity contribution in [3.05, 3.63) is 70.1 Å². The van der Waals surface area contributed by atoms with E-state index in [1.807, 2.05) is 11.3 Å². The van der Waals surface area contributed by atoms with Gasteiger partial charge in [0.15, 0.2) is 0 Å². The number of benzene rings is 2. The summed E-state index contributed by atoms with van der Waals surface area (Å²) in [7, 11) is 4.12. The molecule has 0 bridgehead atoms. The van der Waals surface area contributed by atoms with E-state index in [1.165, 1.54) is 26.1 Å². The summed E-state index contributed by atoms with van der Waals surface area (Å²) in [5.74, 6) is 0. The Labute approximate surface area is 176 Å². The molecular weight excluding hydrogens is 382 g/mol. The summed E-state index contributed by atoms with van der Waals surface area (Å²) in [5.41, 5.74) is 3.60. The van der Waals surface area contributed by atoms with Gasteiger partial charge >= 0.3 is 0 Å². The molecule has 1 aromatic heterocycles. The number of hydrogen-bond acceptors (Lipinski definition) is 5. The van der Waals surface area contributed by atoms with Crippen LogP contribution in [0.4, 0.5) is 0 Å². The molecule has 1 aliphatic heterocycles. The number of rotatable bonds is 6. The van der Waals surface area contributed by atoms with Gasteiger partial charge < -0.3 is 19.8 Å². The van der Waals surface area contributed by atoms with Crippen LogP contribution in [0.2, 0.25) is 0 Å². The first-order valence-corrected chi connectivity index (χ1v) is 11.0. The van der Waals surface area contributed by atoms with E-state index in [0.29, 0.717) is 12.8 Å². The zero-order chi connectivity index (χ0) is 20.4. The zero-order valence-electron chi connectivity index (χ0n) is 17.0. The third-order valence-corrected chi connectivity index (χ3v) is 6.60. The lowest BCUT2D eigenvalue weighted by Gasteiger charge is -2.34. The lowest BCUT2D eigenvalue weighted by molar-refractivity contribution is -0.114. The summed E-state index contributed by atoms with van der Waals surface area (Å²) in [6.45, 7) is 0.760. The summed E-state index contributed by atoms with van der Waals surface area (Å²) < 4.78 is 7.46. The molecule has 0 radical (unpaired) electrons. The van der Waals surface area contributed by atoms with Crippen molar-refractivity contribution >= 4 is 21.4 Å². The van der Waals surface area contributed by atoms with Crippen molar-refractivity contribution in [3.8, 4) is 0 Å². The molecular formula is C24H29NO3S. The minimum absolute atomic E-state index is 0.0575. The van der Waals surface area contributed by atoms with Crippen molar-refractivity contribution in [2.45, 2.75) is 44.1 Å². The average molecular weight is 412 g/mol. The zero-order valence-corrected chi connectivity index (χ0v) is 17.9.